The summed E-state index contributed by atoms with van der Waals surface area (Å²) < 4.78 is 97.5. The van der Waals surface area contributed by atoms with Crippen molar-refractivity contribution in [3.8, 4) is 0 Å². The number of nitrogens with one attached hydrogen (secondary N) is 6. The fraction of sp³-hybridized carbons (Fsp3) is 0.260. The Kier molecular flexibility index (Phi) is 36.8. The SMILES string of the molecule is C.CC(=O)c1cn(CC(=O)N2C[C@H](F)C[C@H]2C(=O)Nc2cccc(Br)n2)c2ccc(Nc3cncc(F)c3)cc12.CC(=O)c1cn(CC(=O)O)c2ccc(Nc3cncc(F)c3)cc12.CC(=O)c1cn(CC(=O)OC(C)(C)C)c2ccc(Nc3cncc(F)c3)cc12.CC(=O)c1nn(CC(=O)OC(C)(C)C)c2ccc(N)cc12.Cl.Nc1cncc(F)c1.O=C(Nc1cccc(Br)n1)[C@@H]1C[C@@H](F)CN1. The van der Waals surface area contributed by atoms with Crippen LogP contribution in [0, 0.1) is 23.3 Å². The molecule has 2 aliphatic heterocycles. The number of nitrogen functional groups attached to an aromatic ring is 2. The lowest BCUT2D eigenvalue weighted by atomic mass is 10.1. The van der Waals surface area contributed by atoms with Gasteiger partial charge in [0.15, 0.2) is 23.1 Å². The largest absolute Gasteiger partial charge is 0.480 e. The Morgan fingerprint density at radius 2 is 0.884 bits per heavy atom. The summed E-state index contributed by atoms with van der Waals surface area (Å²) in [6.07, 6.45) is 12.9. The quantitative estimate of drug-likeness (QED) is 0.0100. The molecule has 0 unspecified atom stereocenters. The Hall–Kier alpha value is -14.8. The lowest BCUT2D eigenvalue weighted by Gasteiger charge is -2.24. The average Bonchev–Trinajstić information content (AvgIpc) is 1.65. The van der Waals surface area contributed by atoms with Gasteiger partial charge in [0.25, 0.3) is 0 Å². The number of nitrogens with zero attached hydrogens (tertiary/aromatic N) is 12. The third-order valence-corrected chi connectivity index (χ3v) is 20.7. The van der Waals surface area contributed by atoms with Gasteiger partial charge >= 0.3 is 17.9 Å². The maximum Gasteiger partial charge on any atom is 0.328 e. The number of fused-ring (bicyclic) bond motifs is 4. The minimum Gasteiger partial charge on any atom is -0.480 e. The molecule has 0 spiro atoms. The van der Waals surface area contributed by atoms with Crippen molar-refractivity contribution in [2.45, 2.75) is 151 Å². The first-order chi connectivity index (χ1) is 64.3. The fourth-order valence-corrected chi connectivity index (χ4v) is 15.0. The third kappa shape index (κ3) is 30.3. The zero-order valence-corrected chi connectivity index (χ0v) is 79.3. The van der Waals surface area contributed by atoms with Gasteiger partial charge in [0, 0.05) is 147 Å². The van der Waals surface area contributed by atoms with Gasteiger partial charge in [-0.1, -0.05) is 19.6 Å². The van der Waals surface area contributed by atoms with Crippen LogP contribution in [0.4, 0.5) is 83.5 Å². The summed E-state index contributed by atoms with van der Waals surface area (Å²) in [4.78, 5) is 145. The van der Waals surface area contributed by atoms with Crippen LogP contribution in [-0.4, -0.2) is 171 Å². The number of Topliss-reactive ketones (excluding diaryl/α,β-unsaturated/α-hetero) is 4. The molecule has 14 aromatic rings. The molecule has 42 heteroatoms. The van der Waals surface area contributed by atoms with Gasteiger partial charge in [-0.15, -0.1) is 12.4 Å². The van der Waals surface area contributed by atoms with E-state index >= 15 is 0 Å². The van der Waals surface area contributed by atoms with Gasteiger partial charge in [-0.2, -0.15) is 5.10 Å². The Morgan fingerprint density at radius 1 is 0.471 bits per heavy atom. The van der Waals surface area contributed by atoms with E-state index in [1.165, 1.54) is 97.1 Å². The number of likely N-dealkylation sites (tertiary alicyclic amines) is 1. The second-order valence-corrected chi connectivity index (χ2v) is 34.8. The monoisotopic (exact) mass is 2050 g/mol. The predicted octanol–water partition coefficient (Wildman–Crippen LogP) is 18.0. The van der Waals surface area contributed by atoms with E-state index in [4.69, 9.17) is 26.0 Å². The first-order valence-electron chi connectivity index (χ1n) is 41.9. The summed E-state index contributed by atoms with van der Waals surface area (Å²) in [6, 6.07) is 34.8. The van der Waals surface area contributed by atoms with E-state index in [0.29, 0.717) is 121 Å². The number of carbonyl (C=O) groups is 10. The van der Waals surface area contributed by atoms with Gasteiger partial charge in [-0.25, -0.2) is 36.3 Å². The first-order valence-corrected chi connectivity index (χ1v) is 43.4. The molecule has 4 atom stereocenters. The number of aliphatic carboxylic acids is 1. The highest BCUT2D eigenvalue weighted by molar-refractivity contribution is 9.10. The summed E-state index contributed by atoms with van der Waals surface area (Å²) in [5.74, 6) is -4.72. The molecule has 10 aromatic heterocycles. The summed E-state index contributed by atoms with van der Waals surface area (Å²) in [5.41, 5.74) is 18.3. The van der Waals surface area contributed by atoms with Gasteiger partial charge < -0.3 is 76.5 Å². The van der Waals surface area contributed by atoms with Crippen molar-refractivity contribution in [3.05, 3.63) is 256 Å². The van der Waals surface area contributed by atoms with E-state index in [1.807, 2.05) is 0 Å². The minimum absolute atomic E-state index is 0. The van der Waals surface area contributed by atoms with Crippen LogP contribution in [0.25, 0.3) is 43.6 Å². The second-order valence-electron chi connectivity index (χ2n) is 33.1. The van der Waals surface area contributed by atoms with Crippen molar-refractivity contribution < 1.29 is 88.9 Å². The number of ketones is 4. The van der Waals surface area contributed by atoms with E-state index in [1.54, 1.807) is 172 Å². The molecule has 0 radical (unpaired) electrons. The number of ether oxygens (including phenoxy) is 2. The van der Waals surface area contributed by atoms with Crippen LogP contribution in [0.5, 0.6) is 0 Å². The van der Waals surface area contributed by atoms with Crippen LogP contribution in [0.1, 0.15) is 131 Å². The molecule has 33 nitrogen and oxygen atoms in total. The van der Waals surface area contributed by atoms with E-state index in [0.717, 1.165) is 30.3 Å². The number of benzene rings is 4. The van der Waals surface area contributed by atoms with Crippen molar-refractivity contribution in [1.29, 1.82) is 0 Å². The highest BCUT2D eigenvalue weighted by Crippen LogP contribution is 2.34. The molecule has 138 heavy (non-hydrogen) atoms. The number of hydrogen-bond acceptors (Lipinski definition) is 25. The number of aromatic nitrogens is 11. The van der Waals surface area contributed by atoms with E-state index in [-0.39, 0.29) is 113 Å². The third-order valence-electron chi connectivity index (χ3n) is 19.8. The number of anilines is 10. The highest BCUT2D eigenvalue weighted by Gasteiger charge is 2.40. The molecule has 2 aliphatic rings. The van der Waals surface area contributed by atoms with Crippen molar-refractivity contribution in [2.75, 3.05) is 51.1 Å². The molecule has 4 aromatic carbocycles. The zero-order valence-electron chi connectivity index (χ0n) is 75.3. The molecule has 0 saturated carbocycles. The number of amides is 3. The van der Waals surface area contributed by atoms with E-state index in [9.17, 15) is 74.3 Å². The molecular formula is C96H99Br2ClF6N20O13. The molecule has 16 rings (SSSR count). The van der Waals surface area contributed by atoms with Gasteiger partial charge in [-0.3, -0.25) is 72.6 Å². The summed E-state index contributed by atoms with van der Waals surface area (Å²) >= 11 is 6.44. The number of pyridine rings is 6. The Bertz CT molecular complexity index is 6830. The smallest absolute Gasteiger partial charge is 0.328 e. The topological polar surface area (TPSA) is 447 Å². The molecule has 11 N–H and O–H groups in total. The number of nitrogens with two attached hydrogens (primary N) is 2. The van der Waals surface area contributed by atoms with Crippen molar-refractivity contribution in [1.82, 2.24) is 63.6 Å². The molecule has 2 fully saturated rings. The number of carbonyl (C=O) groups excluding carboxylic acids is 9. The number of esters is 2. The lowest BCUT2D eigenvalue weighted by molar-refractivity contribution is -0.156. The van der Waals surface area contributed by atoms with Crippen molar-refractivity contribution in [2.24, 2.45) is 0 Å². The predicted molar refractivity (Wildman–Crippen MR) is 522 cm³/mol. The highest BCUT2D eigenvalue weighted by atomic mass is 79.9. The lowest BCUT2D eigenvalue weighted by Crippen LogP contribution is -2.44. The van der Waals surface area contributed by atoms with Crippen LogP contribution < -0.4 is 43.4 Å². The normalized spacial score (nSPS) is 14.1. The van der Waals surface area contributed by atoms with Crippen LogP contribution in [0.2, 0.25) is 0 Å². The molecule has 0 bridgehead atoms. The number of hydrogen-bond donors (Lipinski definition) is 9. The molecular weight excluding hydrogens is 1950 g/mol. The van der Waals surface area contributed by atoms with Crippen LogP contribution in [0.3, 0.4) is 0 Å². The van der Waals surface area contributed by atoms with Crippen LogP contribution in [0.15, 0.2) is 211 Å². The number of carboxylic acid groups (broad SMARTS) is 1. The van der Waals surface area contributed by atoms with Crippen LogP contribution >= 0.6 is 44.3 Å². The number of alkyl halides is 2. The Balaban J connectivity index is 0.000000193. The molecule has 2 saturated heterocycles. The molecule has 724 valence electrons. The molecule has 12 heterocycles. The van der Waals surface area contributed by atoms with Crippen LogP contribution in [-0.2, 0) is 64.4 Å². The number of halogens is 9. The van der Waals surface area contributed by atoms with Crippen molar-refractivity contribution >= 4 is 204 Å². The Labute approximate surface area is 810 Å². The summed E-state index contributed by atoms with van der Waals surface area (Å²) in [5, 5.41) is 33.0. The minimum atomic E-state index is -1.35. The summed E-state index contributed by atoms with van der Waals surface area (Å²) in [6.45, 7) is 16.1. The van der Waals surface area contributed by atoms with Gasteiger partial charge in [-0.05, 0) is 197 Å². The van der Waals surface area contributed by atoms with Gasteiger partial charge in [0.2, 0.25) is 17.7 Å². The molecule has 3 amide bonds. The van der Waals surface area contributed by atoms with Crippen molar-refractivity contribution in [3.63, 3.8) is 0 Å². The zero-order chi connectivity index (χ0) is 98.7. The first kappa shape index (κ1) is 107. The van der Waals surface area contributed by atoms with Gasteiger partial charge in [0.1, 0.15) is 106 Å². The standard InChI is InChI=1S/C27H23BrF2N6O3.C21H22FN3O3.C17H14FN3O3.C15H19N3O3.C10H11BrFN3O.C5H5FN2.CH4.ClH/c1-15(37)21-13-35(22-6-5-18(9-20(21)22)32-19-7-16(29)10-31-11-19)14-26(38)36-12-17(30)8-23(36)27(39)34-25-4-2-3-24(28)33-25;1-13(26)18-11-25(12-20(27)28-21(2,3)4)19-6-5-15(8-17(18)19)24-16-7-14(22)9-23-10-16;1-10(22)15-8-21(9-17(23)24)16-3-2-12(5-14(15)16)20-13-4-11(18)6-19-7-13;1-9(19)14-11-7-10(16)5-6-12(11)18(17-14)8-13(20)21-15(2,3)4;11-8-2-1-3-9(14-8)15-10(16)7-4-6(12)5-13-7;6-4-1-5(7)3-8-2-4;;/h2-7,9-11,13,17,23,32H,8,12,14H2,1H3,(H,33,34,39);5-11,24H,12H2,1-4H3;2-8,20H,9H2,1H3,(H,23,24);5-7H,8,16H2,1-4H3;1-3,6-7,13H,4-5H2,(H,14,15,16);1-3H,7H2;1H4;1H/t17-,23+;;;;6-,7+;;;/m1...1.../s1. The van der Waals surface area contributed by atoms with E-state index < -0.39 is 82.7 Å². The second kappa shape index (κ2) is 47.6. The Morgan fingerprint density at radius 3 is 1.27 bits per heavy atom. The van der Waals surface area contributed by atoms with E-state index in [2.05, 4.69) is 98.8 Å². The molecule has 0 aliphatic carbocycles. The maximum atomic E-state index is 14.4. The fourth-order valence-electron chi connectivity index (χ4n) is 14.3. The summed E-state index contributed by atoms with van der Waals surface area (Å²) in [7, 11) is 0. The maximum absolute atomic E-state index is 14.4. The van der Waals surface area contributed by atoms with Gasteiger partial charge in [0.05, 0.1) is 84.2 Å². The number of rotatable bonds is 22. The number of carboxylic acids is 1. The average molecular weight is 2050 g/mol.